The van der Waals surface area contributed by atoms with E-state index in [2.05, 4.69) is 0 Å². The summed E-state index contributed by atoms with van der Waals surface area (Å²) in [4.78, 5) is 0.0887. The molecule has 0 heterocycles. The lowest BCUT2D eigenvalue weighted by Crippen LogP contribution is -2.04. The maximum Gasteiger partial charge on any atom is 0.206 e. The molecule has 0 saturated carbocycles. The molecule has 0 fully saturated rings. The van der Waals surface area contributed by atoms with E-state index in [4.69, 9.17) is 0 Å². The first-order valence-corrected chi connectivity index (χ1v) is 11.5. The van der Waals surface area contributed by atoms with Crippen molar-refractivity contribution in [3.05, 3.63) is 113 Å². The largest absolute Gasteiger partial charge is 0.219 e. The van der Waals surface area contributed by atoms with Gasteiger partial charge in [-0.15, -0.1) is 0 Å². The Morgan fingerprint density at radius 2 is 1.07 bits per heavy atom. The van der Waals surface area contributed by atoms with Crippen LogP contribution >= 0.6 is 0 Å². The maximum atomic E-state index is 13.1. The molecule has 6 heteroatoms. The zero-order chi connectivity index (χ0) is 20.0. The molecule has 0 radical (unpaired) electrons. The van der Waals surface area contributed by atoms with Crippen molar-refractivity contribution in [2.24, 2.45) is 0 Å². The van der Waals surface area contributed by atoms with Crippen molar-refractivity contribution < 1.29 is 16.8 Å². The number of benzene rings is 3. The molecule has 3 rings (SSSR count). The highest BCUT2D eigenvalue weighted by molar-refractivity contribution is 7.96. The van der Waals surface area contributed by atoms with Crippen molar-refractivity contribution in [2.45, 2.75) is 9.79 Å². The van der Waals surface area contributed by atoms with Crippen molar-refractivity contribution in [3.63, 3.8) is 0 Å². The summed E-state index contributed by atoms with van der Waals surface area (Å²) >= 11 is 0. The van der Waals surface area contributed by atoms with E-state index < -0.39 is 19.7 Å². The van der Waals surface area contributed by atoms with E-state index in [0.29, 0.717) is 5.56 Å². The molecule has 28 heavy (non-hydrogen) atoms. The lowest BCUT2D eigenvalue weighted by molar-refractivity contribution is 0.603. The predicted octanol–water partition coefficient (Wildman–Crippen LogP) is 4.49. The first kappa shape index (κ1) is 19.8. The van der Waals surface area contributed by atoms with Gasteiger partial charge in [-0.05, 0) is 42.0 Å². The Bertz CT molecular complexity index is 1200. The van der Waals surface area contributed by atoms with Crippen molar-refractivity contribution >= 4 is 25.8 Å². The van der Waals surface area contributed by atoms with Gasteiger partial charge in [-0.3, -0.25) is 0 Å². The van der Waals surface area contributed by atoms with Gasteiger partial charge >= 0.3 is 0 Å². The van der Waals surface area contributed by atoms with E-state index in [1.54, 1.807) is 60.7 Å². The molecule has 0 atom stereocenters. The number of rotatable bonds is 6. The highest BCUT2D eigenvalue weighted by Crippen LogP contribution is 2.24. The lowest BCUT2D eigenvalue weighted by Gasteiger charge is -2.06. The van der Waals surface area contributed by atoms with Crippen LogP contribution in [0.1, 0.15) is 5.56 Å². The fraction of sp³-hybridized carbons (Fsp3) is 0. The number of hydrogen-bond acceptors (Lipinski definition) is 4. The molecule has 0 aliphatic carbocycles. The fourth-order valence-corrected chi connectivity index (χ4v) is 4.94. The van der Waals surface area contributed by atoms with Crippen molar-refractivity contribution in [2.75, 3.05) is 0 Å². The van der Waals surface area contributed by atoms with Crippen LogP contribution in [0.15, 0.2) is 117 Å². The highest BCUT2D eigenvalue weighted by Gasteiger charge is 2.20. The number of hydrogen-bond donors (Lipinski definition) is 0. The molecule has 3 aromatic rings. The Morgan fingerprint density at radius 3 is 1.61 bits per heavy atom. The second kappa shape index (κ2) is 8.37. The Morgan fingerprint density at radius 1 is 0.607 bits per heavy atom. The third-order valence-corrected chi connectivity index (χ3v) is 7.15. The van der Waals surface area contributed by atoms with E-state index in [0.717, 1.165) is 11.5 Å². The summed E-state index contributed by atoms with van der Waals surface area (Å²) in [5, 5.41) is 0.928. The maximum absolute atomic E-state index is 13.1. The first-order valence-electron chi connectivity index (χ1n) is 8.45. The molecule has 0 unspecified atom stereocenters. The average Bonchev–Trinajstić information content (AvgIpc) is 2.73. The van der Waals surface area contributed by atoms with Gasteiger partial charge in [0.05, 0.1) is 14.7 Å². The summed E-state index contributed by atoms with van der Waals surface area (Å²) in [6, 6.07) is 24.7. The second-order valence-corrected chi connectivity index (χ2v) is 9.72. The summed E-state index contributed by atoms with van der Waals surface area (Å²) in [5.74, 6) is 0. The smallest absolute Gasteiger partial charge is 0.206 e. The Kier molecular flexibility index (Phi) is 5.92. The molecule has 4 nitrogen and oxygen atoms in total. The minimum absolute atomic E-state index is 0.0962. The molecule has 0 aliphatic heterocycles. The summed E-state index contributed by atoms with van der Waals surface area (Å²) < 4.78 is 51.2. The lowest BCUT2D eigenvalue weighted by atomic mass is 10.2. The normalized spacial score (nSPS) is 12.9. The third-order valence-electron chi connectivity index (χ3n) is 3.96. The quantitative estimate of drug-likeness (QED) is 0.562. The van der Waals surface area contributed by atoms with Crippen molar-refractivity contribution in [1.29, 1.82) is 0 Å². The number of sulfone groups is 2. The first-order chi connectivity index (χ1) is 13.4. The van der Waals surface area contributed by atoms with Gasteiger partial charge in [-0.25, -0.2) is 16.8 Å². The molecular weight excluding hydrogens is 392 g/mol. The summed E-state index contributed by atoms with van der Waals surface area (Å²) in [6.07, 6.45) is 2.59. The zero-order valence-corrected chi connectivity index (χ0v) is 16.5. The molecule has 142 valence electrons. The van der Waals surface area contributed by atoms with Crippen LogP contribution in [0.25, 0.3) is 6.08 Å². The molecule has 0 aliphatic rings. The van der Waals surface area contributed by atoms with E-state index in [9.17, 15) is 16.8 Å². The van der Waals surface area contributed by atoms with Crippen LogP contribution in [0.5, 0.6) is 0 Å². The molecule has 0 amide bonds. The minimum Gasteiger partial charge on any atom is -0.219 e. The highest BCUT2D eigenvalue weighted by atomic mass is 32.2. The Hall–Kier alpha value is -2.96. The Labute approximate surface area is 165 Å². The van der Waals surface area contributed by atoms with Crippen LogP contribution in [0, 0.1) is 0 Å². The topological polar surface area (TPSA) is 68.3 Å². The standard InChI is InChI=1S/C22H18O4S2/c23-27(24,20-12-6-2-7-13-20)17-16-22(18-19-10-4-1-5-11-19)28(25,26)21-14-8-3-9-15-21/h1-18H/b17-16+,22-18+. The molecule has 0 saturated heterocycles. The summed E-state index contributed by atoms with van der Waals surface area (Å²) in [7, 11) is -7.67. The molecular formula is C22H18O4S2. The molecule has 0 N–H and O–H groups in total. The van der Waals surface area contributed by atoms with Crippen LogP contribution in [0.2, 0.25) is 0 Å². The monoisotopic (exact) mass is 410 g/mol. The molecule has 0 spiro atoms. The van der Waals surface area contributed by atoms with Gasteiger partial charge in [0.1, 0.15) is 0 Å². The number of allylic oxidation sites excluding steroid dienone is 1. The van der Waals surface area contributed by atoms with E-state index in [-0.39, 0.29) is 14.7 Å². The van der Waals surface area contributed by atoms with Crippen LogP contribution in [-0.2, 0) is 19.7 Å². The van der Waals surface area contributed by atoms with E-state index in [1.807, 2.05) is 6.07 Å². The minimum atomic E-state index is -3.89. The van der Waals surface area contributed by atoms with Crippen LogP contribution < -0.4 is 0 Å². The van der Waals surface area contributed by atoms with Crippen molar-refractivity contribution in [3.8, 4) is 0 Å². The predicted molar refractivity (Wildman–Crippen MR) is 111 cm³/mol. The Balaban J connectivity index is 2.09. The van der Waals surface area contributed by atoms with Crippen LogP contribution in [-0.4, -0.2) is 16.8 Å². The summed E-state index contributed by atoms with van der Waals surface area (Å²) in [5.41, 5.74) is 0.652. The van der Waals surface area contributed by atoms with Gasteiger partial charge < -0.3 is 0 Å². The van der Waals surface area contributed by atoms with Gasteiger partial charge in [0.15, 0.2) is 9.84 Å². The molecule has 3 aromatic carbocycles. The second-order valence-electron chi connectivity index (χ2n) is 5.93. The zero-order valence-electron chi connectivity index (χ0n) is 14.8. The molecule has 0 bridgehead atoms. The van der Waals surface area contributed by atoms with Gasteiger partial charge in [0.2, 0.25) is 9.84 Å². The third kappa shape index (κ3) is 4.65. The van der Waals surface area contributed by atoms with Gasteiger partial charge in [0, 0.05) is 5.41 Å². The van der Waals surface area contributed by atoms with Crippen LogP contribution in [0.4, 0.5) is 0 Å². The SMILES string of the molecule is O=S(=O)(/C=C/C(=C\c1ccccc1)S(=O)(=O)c1ccccc1)c1ccccc1. The van der Waals surface area contributed by atoms with Crippen molar-refractivity contribution in [1.82, 2.24) is 0 Å². The van der Waals surface area contributed by atoms with Gasteiger partial charge in [-0.1, -0.05) is 66.7 Å². The van der Waals surface area contributed by atoms with Gasteiger partial charge in [-0.2, -0.15) is 0 Å². The van der Waals surface area contributed by atoms with Gasteiger partial charge in [0.25, 0.3) is 0 Å². The summed E-state index contributed by atoms with van der Waals surface area (Å²) in [6.45, 7) is 0. The van der Waals surface area contributed by atoms with E-state index >= 15 is 0 Å². The van der Waals surface area contributed by atoms with E-state index in [1.165, 1.54) is 30.3 Å². The van der Waals surface area contributed by atoms with Crippen LogP contribution in [0.3, 0.4) is 0 Å². The average molecular weight is 411 g/mol. The molecule has 0 aromatic heterocycles. The fourth-order valence-electron chi connectivity index (χ4n) is 2.51.